The Morgan fingerprint density at radius 2 is 0.507 bits per heavy atom. The van der Waals surface area contributed by atoms with Crippen molar-refractivity contribution >= 4 is 17.9 Å². The number of carbonyl (C=O) groups is 3. The normalized spacial score (nSPS) is 12.8. The predicted molar refractivity (Wildman–Crippen MR) is 307 cm³/mol. The van der Waals surface area contributed by atoms with E-state index in [2.05, 4.69) is 118 Å². The topological polar surface area (TPSA) is 78.9 Å². The summed E-state index contributed by atoms with van der Waals surface area (Å²) < 4.78 is 16.8. The van der Waals surface area contributed by atoms with Crippen LogP contribution in [0, 0.1) is 0 Å². The first-order valence-electron chi connectivity index (χ1n) is 29.7. The van der Waals surface area contributed by atoms with E-state index in [1.54, 1.807) is 0 Å². The fourth-order valence-electron chi connectivity index (χ4n) is 8.01. The lowest BCUT2D eigenvalue weighted by molar-refractivity contribution is -0.167. The van der Waals surface area contributed by atoms with Gasteiger partial charge >= 0.3 is 17.9 Å². The highest BCUT2D eigenvalue weighted by atomic mass is 16.6. The van der Waals surface area contributed by atoms with Gasteiger partial charge in [-0.25, -0.2) is 0 Å². The second-order valence-corrected chi connectivity index (χ2v) is 19.5. The van der Waals surface area contributed by atoms with Crippen molar-refractivity contribution in [1.29, 1.82) is 0 Å². The molecule has 0 aliphatic carbocycles. The van der Waals surface area contributed by atoms with Crippen LogP contribution in [0.15, 0.2) is 97.2 Å². The highest BCUT2D eigenvalue weighted by Gasteiger charge is 2.19. The van der Waals surface area contributed by atoms with Crippen LogP contribution in [0.3, 0.4) is 0 Å². The van der Waals surface area contributed by atoms with Gasteiger partial charge in [-0.2, -0.15) is 0 Å². The Kier molecular flexibility index (Phi) is 55.9. The van der Waals surface area contributed by atoms with Crippen LogP contribution in [0.4, 0.5) is 0 Å². The summed E-state index contributed by atoms with van der Waals surface area (Å²) in [6, 6.07) is 0. The Morgan fingerprint density at radius 1 is 0.282 bits per heavy atom. The lowest BCUT2D eigenvalue weighted by Gasteiger charge is -2.18. The molecule has 6 heteroatoms. The summed E-state index contributed by atoms with van der Waals surface area (Å²) in [5, 5.41) is 0. The Morgan fingerprint density at radius 3 is 0.873 bits per heavy atom. The molecule has 0 saturated heterocycles. The Hall–Kier alpha value is -3.67. The first-order chi connectivity index (χ1) is 35.0. The third-order valence-corrected chi connectivity index (χ3v) is 12.5. The molecule has 0 aromatic rings. The van der Waals surface area contributed by atoms with Gasteiger partial charge in [-0.05, 0) is 128 Å². The SMILES string of the molecule is CCCCC/C=C\C/C=C\C/C=C\C/C=C\CCCCCC(=O)OC[C@H](COC(=O)CCCC/C=C\C/C=C\C/C=C\CCCCC)OC(=O)CCCCCCCCCCC/C=C\CCCCCCCC. The van der Waals surface area contributed by atoms with Crippen molar-refractivity contribution in [2.75, 3.05) is 13.2 Å². The molecule has 0 heterocycles. The van der Waals surface area contributed by atoms with Crippen molar-refractivity contribution < 1.29 is 28.6 Å². The smallest absolute Gasteiger partial charge is 0.306 e. The van der Waals surface area contributed by atoms with Crippen LogP contribution in [-0.4, -0.2) is 37.2 Å². The number of hydrogen-bond acceptors (Lipinski definition) is 6. The van der Waals surface area contributed by atoms with Gasteiger partial charge < -0.3 is 14.2 Å². The molecule has 0 aromatic heterocycles. The van der Waals surface area contributed by atoms with Crippen LogP contribution in [0.5, 0.6) is 0 Å². The van der Waals surface area contributed by atoms with Crippen molar-refractivity contribution in [1.82, 2.24) is 0 Å². The van der Waals surface area contributed by atoms with Gasteiger partial charge in [0, 0.05) is 19.3 Å². The molecule has 0 amide bonds. The molecule has 0 spiro atoms. The van der Waals surface area contributed by atoms with Crippen molar-refractivity contribution in [3.8, 4) is 0 Å². The zero-order valence-corrected chi connectivity index (χ0v) is 46.5. The van der Waals surface area contributed by atoms with E-state index in [-0.39, 0.29) is 31.1 Å². The molecule has 0 aromatic carbocycles. The van der Waals surface area contributed by atoms with E-state index in [4.69, 9.17) is 14.2 Å². The number of allylic oxidation sites excluding steroid dienone is 16. The number of ether oxygens (including phenoxy) is 3. The molecule has 0 aliphatic heterocycles. The number of carbonyl (C=O) groups excluding carboxylic acids is 3. The maximum absolute atomic E-state index is 12.9. The second kappa shape index (κ2) is 58.9. The quantitative estimate of drug-likeness (QED) is 0.0261. The zero-order chi connectivity index (χ0) is 51.4. The third kappa shape index (κ3) is 57.1. The second-order valence-electron chi connectivity index (χ2n) is 19.5. The average molecular weight is 988 g/mol. The van der Waals surface area contributed by atoms with Gasteiger partial charge in [0.25, 0.3) is 0 Å². The van der Waals surface area contributed by atoms with Gasteiger partial charge in [0.1, 0.15) is 13.2 Å². The highest BCUT2D eigenvalue weighted by molar-refractivity contribution is 5.71. The number of esters is 3. The van der Waals surface area contributed by atoms with Crippen LogP contribution in [0.1, 0.15) is 278 Å². The van der Waals surface area contributed by atoms with E-state index in [0.29, 0.717) is 19.3 Å². The fraction of sp³-hybridized carbons (Fsp3) is 0.708. The lowest BCUT2D eigenvalue weighted by atomic mass is 10.1. The Balaban J connectivity index is 4.49. The van der Waals surface area contributed by atoms with E-state index in [9.17, 15) is 14.4 Å². The van der Waals surface area contributed by atoms with Crippen LogP contribution in [0.2, 0.25) is 0 Å². The minimum absolute atomic E-state index is 0.107. The van der Waals surface area contributed by atoms with Crippen LogP contribution >= 0.6 is 0 Å². The molecule has 71 heavy (non-hydrogen) atoms. The molecular weight excluding hydrogens is 877 g/mol. The summed E-state index contributed by atoms with van der Waals surface area (Å²) in [5.74, 6) is -0.971. The standard InChI is InChI=1S/C65H110O6/c1-4-7-10-13-16-19-22-25-28-30-32-34-37-40-43-46-49-52-55-58-64(67)70-61-62(60-69-63(66)57-54-51-48-45-42-39-36-27-24-21-18-15-12-9-6-3)71-65(68)59-56-53-50-47-44-41-38-35-33-31-29-26-23-20-17-14-11-8-5-2/h16,18-19,21,25-29,32,34,36,40,42-43,45,62H,4-15,17,20,22-24,30-31,33,35,37-39,41,44,46-61H2,1-3H3/b19-16-,21-18-,28-25-,29-26-,34-32-,36-27-,43-40-,45-42-/t62-/m0/s1. The summed E-state index contributed by atoms with van der Waals surface area (Å²) in [4.78, 5) is 38.2. The number of rotatable bonds is 53. The first kappa shape index (κ1) is 67.3. The van der Waals surface area contributed by atoms with Gasteiger partial charge in [0.2, 0.25) is 0 Å². The molecule has 0 bridgehead atoms. The Bertz CT molecular complexity index is 1410. The van der Waals surface area contributed by atoms with Crippen molar-refractivity contribution in [2.24, 2.45) is 0 Å². The number of unbranched alkanes of at least 4 members (excludes halogenated alkanes) is 26. The van der Waals surface area contributed by atoms with Crippen LogP contribution in [0.25, 0.3) is 0 Å². The molecule has 0 saturated carbocycles. The molecule has 0 rings (SSSR count). The van der Waals surface area contributed by atoms with Crippen LogP contribution < -0.4 is 0 Å². The summed E-state index contributed by atoms with van der Waals surface area (Å²) in [6.07, 6.45) is 78.3. The summed E-state index contributed by atoms with van der Waals surface area (Å²) in [6.45, 7) is 6.53. The minimum atomic E-state index is -0.809. The fourth-order valence-corrected chi connectivity index (χ4v) is 8.01. The van der Waals surface area contributed by atoms with Gasteiger partial charge in [0.15, 0.2) is 6.10 Å². The van der Waals surface area contributed by atoms with E-state index >= 15 is 0 Å². The summed E-state index contributed by atoms with van der Waals surface area (Å²) in [5.41, 5.74) is 0. The molecule has 6 nitrogen and oxygen atoms in total. The van der Waals surface area contributed by atoms with E-state index in [1.807, 2.05) is 0 Å². The predicted octanol–water partition coefficient (Wildman–Crippen LogP) is 20.1. The van der Waals surface area contributed by atoms with Gasteiger partial charge in [-0.15, -0.1) is 0 Å². The largest absolute Gasteiger partial charge is 0.462 e. The van der Waals surface area contributed by atoms with E-state index < -0.39 is 6.10 Å². The number of hydrogen-bond donors (Lipinski definition) is 0. The summed E-state index contributed by atoms with van der Waals surface area (Å²) in [7, 11) is 0. The van der Waals surface area contributed by atoms with Gasteiger partial charge in [-0.3, -0.25) is 14.4 Å². The highest BCUT2D eigenvalue weighted by Crippen LogP contribution is 2.14. The monoisotopic (exact) mass is 987 g/mol. The maximum Gasteiger partial charge on any atom is 0.306 e. The summed E-state index contributed by atoms with van der Waals surface area (Å²) >= 11 is 0. The lowest BCUT2D eigenvalue weighted by Crippen LogP contribution is -2.30. The molecule has 0 unspecified atom stereocenters. The average Bonchev–Trinajstić information content (AvgIpc) is 3.37. The first-order valence-corrected chi connectivity index (χ1v) is 29.7. The van der Waals surface area contributed by atoms with Crippen LogP contribution in [-0.2, 0) is 28.6 Å². The van der Waals surface area contributed by atoms with Crippen molar-refractivity contribution in [3.63, 3.8) is 0 Å². The molecule has 0 radical (unpaired) electrons. The molecule has 0 aliphatic rings. The molecule has 406 valence electrons. The minimum Gasteiger partial charge on any atom is -0.462 e. The van der Waals surface area contributed by atoms with Gasteiger partial charge in [-0.1, -0.05) is 227 Å². The molecule has 0 fully saturated rings. The maximum atomic E-state index is 12.9. The molecule has 1 atom stereocenters. The molecule has 0 N–H and O–H groups in total. The van der Waals surface area contributed by atoms with Crippen molar-refractivity contribution in [3.05, 3.63) is 97.2 Å². The van der Waals surface area contributed by atoms with E-state index in [1.165, 1.54) is 141 Å². The Labute approximate surface area is 438 Å². The third-order valence-electron chi connectivity index (χ3n) is 12.5. The van der Waals surface area contributed by atoms with Crippen molar-refractivity contribution in [2.45, 2.75) is 284 Å². The van der Waals surface area contributed by atoms with E-state index in [0.717, 1.165) is 96.3 Å². The molecular formula is C65H110O6. The van der Waals surface area contributed by atoms with Gasteiger partial charge in [0.05, 0.1) is 0 Å². The zero-order valence-electron chi connectivity index (χ0n) is 46.5.